The summed E-state index contributed by atoms with van der Waals surface area (Å²) in [5.74, 6) is -0.452. The van der Waals surface area contributed by atoms with Crippen molar-refractivity contribution in [3.05, 3.63) is 54.1 Å². The number of aryl methyl sites for hydroxylation is 1. The van der Waals surface area contributed by atoms with E-state index in [2.05, 4.69) is 20.9 Å². The minimum absolute atomic E-state index is 0.105. The van der Waals surface area contributed by atoms with Gasteiger partial charge >= 0.3 is 0 Å². The fourth-order valence-electron chi connectivity index (χ4n) is 3.12. The normalized spacial score (nSPS) is 18.5. The second-order valence-corrected chi connectivity index (χ2v) is 5.73. The van der Waals surface area contributed by atoms with Gasteiger partial charge < -0.3 is 9.88 Å². The SMILES string of the molecule is Cn1cccc1[C@H]1CCCN1CC(=O)Nc1cccc(F)c1. The van der Waals surface area contributed by atoms with Crippen molar-refractivity contribution < 1.29 is 9.18 Å². The smallest absolute Gasteiger partial charge is 0.238 e. The third kappa shape index (κ3) is 3.20. The first-order valence-corrected chi connectivity index (χ1v) is 7.54. The zero-order valence-corrected chi connectivity index (χ0v) is 12.6. The van der Waals surface area contributed by atoms with E-state index in [-0.39, 0.29) is 17.8 Å². The lowest BCUT2D eigenvalue weighted by Crippen LogP contribution is -2.33. The fourth-order valence-corrected chi connectivity index (χ4v) is 3.12. The molecule has 2 aromatic rings. The van der Waals surface area contributed by atoms with Crippen LogP contribution in [0.3, 0.4) is 0 Å². The second kappa shape index (κ2) is 6.32. The van der Waals surface area contributed by atoms with E-state index in [0.29, 0.717) is 12.2 Å². The molecule has 1 aliphatic heterocycles. The van der Waals surface area contributed by atoms with Crippen molar-refractivity contribution in [2.75, 3.05) is 18.4 Å². The Balaban J connectivity index is 1.64. The van der Waals surface area contributed by atoms with Crippen LogP contribution in [0.5, 0.6) is 0 Å². The van der Waals surface area contributed by atoms with E-state index in [4.69, 9.17) is 0 Å². The number of benzene rings is 1. The maximum atomic E-state index is 13.2. The summed E-state index contributed by atoms with van der Waals surface area (Å²) in [6.45, 7) is 1.23. The zero-order chi connectivity index (χ0) is 15.5. The molecule has 1 atom stereocenters. The number of amides is 1. The van der Waals surface area contributed by atoms with Gasteiger partial charge in [-0.05, 0) is 49.7 Å². The van der Waals surface area contributed by atoms with Gasteiger partial charge in [-0.15, -0.1) is 0 Å². The first-order valence-electron chi connectivity index (χ1n) is 7.54. The van der Waals surface area contributed by atoms with Gasteiger partial charge in [-0.25, -0.2) is 4.39 Å². The molecule has 1 aromatic heterocycles. The number of likely N-dealkylation sites (tertiary alicyclic amines) is 1. The number of nitrogens with one attached hydrogen (secondary N) is 1. The topological polar surface area (TPSA) is 37.3 Å². The van der Waals surface area contributed by atoms with Gasteiger partial charge in [0.2, 0.25) is 5.91 Å². The monoisotopic (exact) mass is 301 g/mol. The molecule has 0 spiro atoms. The van der Waals surface area contributed by atoms with Gasteiger partial charge in [0.05, 0.1) is 12.6 Å². The van der Waals surface area contributed by atoms with Crippen LogP contribution in [0.2, 0.25) is 0 Å². The Hall–Kier alpha value is -2.14. The van der Waals surface area contributed by atoms with Crippen LogP contribution >= 0.6 is 0 Å². The highest BCUT2D eigenvalue weighted by Gasteiger charge is 2.28. The van der Waals surface area contributed by atoms with Crippen molar-refractivity contribution in [2.45, 2.75) is 18.9 Å². The number of hydrogen-bond acceptors (Lipinski definition) is 2. The third-order valence-electron chi connectivity index (χ3n) is 4.14. The van der Waals surface area contributed by atoms with Crippen LogP contribution in [0.1, 0.15) is 24.6 Å². The Morgan fingerprint density at radius 2 is 2.23 bits per heavy atom. The number of anilines is 1. The summed E-state index contributed by atoms with van der Waals surface area (Å²) in [6, 6.07) is 10.4. The molecule has 0 radical (unpaired) electrons. The van der Waals surface area contributed by atoms with Crippen LogP contribution in [-0.2, 0) is 11.8 Å². The predicted molar refractivity (Wildman–Crippen MR) is 84.0 cm³/mol. The van der Waals surface area contributed by atoms with Gasteiger partial charge in [0.15, 0.2) is 0 Å². The number of nitrogens with zero attached hydrogens (tertiary/aromatic N) is 2. The highest BCUT2D eigenvalue weighted by molar-refractivity contribution is 5.92. The van der Waals surface area contributed by atoms with Crippen molar-refractivity contribution in [3.63, 3.8) is 0 Å². The van der Waals surface area contributed by atoms with E-state index < -0.39 is 0 Å². The van der Waals surface area contributed by atoms with Gasteiger partial charge in [-0.1, -0.05) is 6.07 Å². The average molecular weight is 301 g/mol. The Labute approximate surface area is 129 Å². The fraction of sp³-hybridized carbons (Fsp3) is 0.353. The third-order valence-corrected chi connectivity index (χ3v) is 4.14. The molecular formula is C17H20FN3O. The summed E-state index contributed by atoms with van der Waals surface area (Å²) in [5, 5.41) is 2.76. The molecule has 2 heterocycles. The molecule has 116 valence electrons. The van der Waals surface area contributed by atoms with Gasteiger partial charge in [0.25, 0.3) is 0 Å². The molecule has 1 aliphatic rings. The van der Waals surface area contributed by atoms with Crippen LogP contribution in [0.4, 0.5) is 10.1 Å². The van der Waals surface area contributed by atoms with Crippen molar-refractivity contribution in [1.29, 1.82) is 0 Å². The summed E-state index contributed by atoms with van der Waals surface area (Å²) in [6.07, 6.45) is 4.17. The van der Waals surface area contributed by atoms with Gasteiger partial charge in [0.1, 0.15) is 5.82 Å². The average Bonchev–Trinajstić information content (AvgIpc) is 3.07. The van der Waals surface area contributed by atoms with E-state index in [1.807, 2.05) is 19.3 Å². The number of aromatic nitrogens is 1. The summed E-state index contributed by atoms with van der Waals surface area (Å²) in [4.78, 5) is 14.4. The first kappa shape index (κ1) is 14.8. The van der Waals surface area contributed by atoms with E-state index in [1.165, 1.54) is 17.8 Å². The van der Waals surface area contributed by atoms with E-state index in [9.17, 15) is 9.18 Å². The lowest BCUT2D eigenvalue weighted by Gasteiger charge is -2.24. The largest absolute Gasteiger partial charge is 0.353 e. The molecule has 5 heteroatoms. The van der Waals surface area contributed by atoms with E-state index in [1.54, 1.807) is 12.1 Å². The molecule has 1 aromatic carbocycles. The summed E-state index contributed by atoms with van der Waals surface area (Å²) < 4.78 is 15.3. The minimum atomic E-state index is -0.347. The molecule has 0 aliphatic carbocycles. The van der Waals surface area contributed by atoms with Gasteiger partial charge in [-0.2, -0.15) is 0 Å². The quantitative estimate of drug-likeness (QED) is 0.943. The highest BCUT2D eigenvalue weighted by atomic mass is 19.1. The van der Waals surface area contributed by atoms with Crippen LogP contribution in [0.15, 0.2) is 42.6 Å². The Kier molecular flexibility index (Phi) is 4.24. The molecule has 1 fully saturated rings. The molecule has 4 nitrogen and oxygen atoms in total. The van der Waals surface area contributed by atoms with Crippen LogP contribution in [0.25, 0.3) is 0 Å². The zero-order valence-electron chi connectivity index (χ0n) is 12.6. The van der Waals surface area contributed by atoms with Crippen molar-refractivity contribution in [2.24, 2.45) is 7.05 Å². The molecule has 0 saturated carbocycles. The van der Waals surface area contributed by atoms with E-state index >= 15 is 0 Å². The summed E-state index contributed by atoms with van der Waals surface area (Å²) in [5.41, 5.74) is 1.73. The Bertz CT molecular complexity index is 667. The summed E-state index contributed by atoms with van der Waals surface area (Å²) in [7, 11) is 2.03. The van der Waals surface area contributed by atoms with Crippen LogP contribution in [0, 0.1) is 5.82 Å². The first-order chi connectivity index (χ1) is 10.6. The lowest BCUT2D eigenvalue weighted by atomic mass is 10.1. The van der Waals surface area contributed by atoms with Gasteiger partial charge in [-0.3, -0.25) is 9.69 Å². The Morgan fingerprint density at radius 3 is 2.95 bits per heavy atom. The predicted octanol–water partition coefficient (Wildman–Crippen LogP) is 2.94. The number of carbonyl (C=O) groups excluding carboxylic acids is 1. The number of rotatable bonds is 4. The highest BCUT2D eigenvalue weighted by Crippen LogP contribution is 2.31. The Morgan fingerprint density at radius 1 is 1.36 bits per heavy atom. The molecule has 22 heavy (non-hydrogen) atoms. The molecule has 1 amide bonds. The van der Waals surface area contributed by atoms with Crippen LogP contribution < -0.4 is 5.32 Å². The molecule has 0 unspecified atom stereocenters. The molecular weight excluding hydrogens is 281 g/mol. The van der Waals surface area contributed by atoms with Crippen molar-refractivity contribution in [1.82, 2.24) is 9.47 Å². The number of carbonyl (C=O) groups is 1. The van der Waals surface area contributed by atoms with Crippen molar-refractivity contribution in [3.8, 4) is 0 Å². The van der Waals surface area contributed by atoms with E-state index in [0.717, 1.165) is 19.4 Å². The summed E-state index contributed by atoms with van der Waals surface area (Å²) >= 11 is 0. The molecule has 1 saturated heterocycles. The number of hydrogen-bond donors (Lipinski definition) is 1. The maximum Gasteiger partial charge on any atom is 0.238 e. The molecule has 1 N–H and O–H groups in total. The lowest BCUT2D eigenvalue weighted by molar-refractivity contribution is -0.117. The molecule has 0 bridgehead atoms. The molecule has 3 rings (SSSR count). The van der Waals surface area contributed by atoms with Gasteiger partial charge in [0, 0.05) is 24.6 Å². The second-order valence-electron chi connectivity index (χ2n) is 5.73. The maximum absolute atomic E-state index is 13.2. The van der Waals surface area contributed by atoms with Crippen molar-refractivity contribution >= 4 is 11.6 Å². The van der Waals surface area contributed by atoms with Crippen LogP contribution in [-0.4, -0.2) is 28.5 Å². The number of halogens is 1. The standard InChI is InChI=1S/C17H20FN3O/c1-20-9-3-7-15(20)16-8-4-10-21(16)12-17(22)19-14-6-2-5-13(18)11-14/h2-3,5-7,9,11,16H,4,8,10,12H2,1H3,(H,19,22)/t16-/m1/s1. The minimum Gasteiger partial charge on any atom is -0.353 e.